The third kappa shape index (κ3) is 4.49. The van der Waals surface area contributed by atoms with Crippen molar-refractivity contribution in [2.24, 2.45) is 5.41 Å². The standard InChI is InChI=1S/C23H30N6O2/c1-15-6-7-17(11-24-15)21-19(28(5)27-26-21)14-31-20-10-16-8-9-29(13-18(16)12-25-20)22(30)23(2,3)4/h6-7,10-12,26-27H,8-9,13-14H2,1-5H3. The SMILES string of the molecule is Cc1ccc(C2=C(COc3cc4c(cn3)CN(C(=O)C(C)(C)C)CC4)N(C)NN2)cn1. The van der Waals surface area contributed by atoms with Gasteiger partial charge < -0.3 is 15.1 Å². The molecule has 0 aliphatic carbocycles. The average molecular weight is 423 g/mol. The lowest BCUT2D eigenvalue weighted by Gasteiger charge is -2.33. The van der Waals surface area contributed by atoms with Gasteiger partial charge in [-0.3, -0.25) is 14.8 Å². The van der Waals surface area contributed by atoms with Crippen LogP contribution in [0.1, 0.15) is 43.2 Å². The van der Waals surface area contributed by atoms with Gasteiger partial charge in [0.2, 0.25) is 11.8 Å². The fourth-order valence-corrected chi connectivity index (χ4v) is 3.76. The minimum absolute atomic E-state index is 0.174. The number of rotatable bonds is 4. The number of ether oxygens (including phenoxy) is 1. The van der Waals surface area contributed by atoms with E-state index in [0.29, 0.717) is 19.0 Å². The normalized spacial score (nSPS) is 16.3. The zero-order valence-electron chi connectivity index (χ0n) is 18.8. The van der Waals surface area contributed by atoms with Gasteiger partial charge in [-0.05, 0) is 36.6 Å². The third-order valence-corrected chi connectivity index (χ3v) is 5.60. The van der Waals surface area contributed by atoms with Gasteiger partial charge in [-0.15, -0.1) is 5.53 Å². The molecule has 0 spiro atoms. The zero-order valence-corrected chi connectivity index (χ0v) is 18.8. The predicted molar refractivity (Wildman–Crippen MR) is 118 cm³/mol. The highest BCUT2D eigenvalue weighted by molar-refractivity contribution is 5.81. The molecule has 0 atom stereocenters. The van der Waals surface area contributed by atoms with E-state index in [4.69, 9.17) is 4.74 Å². The largest absolute Gasteiger partial charge is 0.471 e. The van der Waals surface area contributed by atoms with Crippen LogP contribution in [-0.2, 0) is 17.8 Å². The Labute approximate surface area is 183 Å². The van der Waals surface area contributed by atoms with Crippen molar-refractivity contribution in [3.63, 3.8) is 0 Å². The Balaban J connectivity index is 1.47. The van der Waals surface area contributed by atoms with Crippen molar-refractivity contribution >= 4 is 11.6 Å². The van der Waals surface area contributed by atoms with Crippen LogP contribution >= 0.6 is 0 Å². The van der Waals surface area contributed by atoms with Crippen LogP contribution in [0.15, 0.2) is 36.3 Å². The first-order valence-corrected chi connectivity index (χ1v) is 10.5. The lowest BCUT2D eigenvalue weighted by molar-refractivity contribution is -0.140. The molecule has 0 saturated heterocycles. The number of hydrazine groups is 2. The quantitative estimate of drug-likeness (QED) is 0.783. The molecule has 4 heterocycles. The molecule has 8 heteroatoms. The molecule has 0 unspecified atom stereocenters. The smallest absolute Gasteiger partial charge is 0.228 e. The molecule has 2 aromatic heterocycles. The van der Waals surface area contributed by atoms with Crippen molar-refractivity contribution in [1.29, 1.82) is 0 Å². The Bertz CT molecular complexity index is 1010. The number of fused-ring (bicyclic) bond motifs is 1. The lowest BCUT2D eigenvalue weighted by atomic mass is 9.92. The van der Waals surface area contributed by atoms with Crippen molar-refractivity contribution in [3.8, 4) is 5.88 Å². The number of aromatic nitrogens is 2. The molecule has 2 N–H and O–H groups in total. The summed E-state index contributed by atoms with van der Waals surface area (Å²) in [5.74, 6) is 0.760. The van der Waals surface area contributed by atoms with E-state index in [2.05, 4.69) is 20.9 Å². The number of carbonyl (C=O) groups is 1. The van der Waals surface area contributed by atoms with E-state index in [9.17, 15) is 4.79 Å². The number of carbonyl (C=O) groups excluding carboxylic acids is 1. The van der Waals surface area contributed by atoms with Crippen LogP contribution in [0.25, 0.3) is 5.70 Å². The summed E-state index contributed by atoms with van der Waals surface area (Å²) in [5.41, 5.74) is 12.0. The highest BCUT2D eigenvalue weighted by atomic mass is 16.5. The van der Waals surface area contributed by atoms with E-state index in [1.807, 2.05) is 75.2 Å². The van der Waals surface area contributed by atoms with Crippen LogP contribution in [0, 0.1) is 12.3 Å². The van der Waals surface area contributed by atoms with E-state index in [0.717, 1.165) is 41.2 Å². The molecule has 0 fully saturated rings. The van der Waals surface area contributed by atoms with Crippen molar-refractivity contribution in [2.75, 3.05) is 20.2 Å². The van der Waals surface area contributed by atoms with Crippen LogP contribution < -0.4 is 15.7 Å². The first kappa shape index (κ1) is 21.1. The van der Waals surface area contributed by atoms with Gasteiger partial charge in [0.25, 0.3) is 0 Å². The van der Waals surface area contributed by atoms with Crippen LogP contribution in [-0.4, -0.2) is 46.0 Å². The minimum Gasteiger partial charge on any atom is -0.471 e. The predicted octanol–water partition coefficient (Wildman–Crippen LogP) is 2.42. The molecule has 31 heavy (non-hydrogen) atoms. The minimum atomic E-state index is -0.373. The second kappa shape index (κ2) is 8.19. The number of hydrogen-bond donors (Lipinski definition) is 2. The molecule has 2 aliphatic heterocycles. The summed E-state index contributed by atoms with van der Waals surface area (Å²) in [6.07, 6.45) is 4.49. The maximum Gasteiger partial charge on any atom is 0.228 e. The monoisotopic (exact) mass is 422 g/mol. The molecular formula is C23H30N6O2. The lowest BCUT2D eigenvalue weighted by Crippen LogP contribution is -2.42. The molecule has 164 valence electrons. The summed E-state index contributed by atoms with van der Waals surface area (Å²) in [6, 6.07) is 6.02. The fourth-order valence-electron chi connectivity index (χ4n) is 3.76. The van der Waals surface area contributed by atoms with E-state index in [1.165, 1.54) is 5.56 Å². The Kier molecular flexibility index (Phi) is 5.58. The molecule has 2 aromatic rings. The molecule has 2 aliphatic rings. The van der Waals surface area contributed by atoms with Gasteiger partial charge in [0, 0.05) is 55.3 Å². The average Bonchev–Trinajstić information content (AvgIpc) is 3.11. The van der Waals surface area contributed by atoms with Gasteiger partial charge in [0.1, 0.15) is 6.61 Å². The highest BCUT2D eigenvalue weighted by Crippen LogP contribution is 2.27. The van der Waals surface area contributed by atoms with Gasteiger partial charge in [-0.1, -0.05) is 20.8 Å². The van der Waals surface area contributed by atoms with Crippen LogP contribution in [0.4, 0.5) is 0 Å². The van der Waals surface area contributed by atoms with Gasteiger partial charge in [-0.25, -0.2) is 4.98 Å². The van der Waals surface area contributed by atoms with E-state index >= 15 is 0 Å². The number of hydrogen-bond acceptors (Lipinski definition) is 7. The summed E-state index contributed by atoms with van der Waals surface area (Å²) >= 11 is 0. The van der Waals surface area contributed by atoms with Gasteiger partial charge >= 0.3 is 0 Å². The molecule has 1 amide bonds. The third-order valence-electron chi connectivity index (χ3n) is 5.60. The Hall–Kier alpha value is -3.13. The van der Waals surface area contributed by atoms with E-state index < -0.39 is 0 Å². The summed E-state index contributed by atoms with van der Waals surface area (Å²) < 4.78 is 6.04. The maximum atomic E-state index is 12.6. The first-order chi connectivity index (χ1) is 14.7. The van der Waals surface area contributed by atoms with Crippen molar-refractivity contribution in [3.05, 3.63) is 58.7 Å². The number of pyridine rings is 2. The van der Waals surface area contributed by atoms with Crippen molar-refractivity contribution < 1.29 is 9.53 Å². The molecule has 0 saturated carbocycles. The highest BCUT2D eigenvalue weighted by Gasteiger charge is 2.30. The number of aryl methyl sites for hydroxylation is 1. The van der Waals surface area contributed by atoms with Crippen molar-refractivity contribution in [1.82, 2.24) is 30.8 Å². The van der Waals surface area contributed by atoms with Crippen LogP contribution in [0.3, 0.4) is 0 Å². The zero-order chi connectivity index (χ0) is 22.2. The number of nitrogens with one attached hydrogen (secondary N) is 2. The molecule has 0 bridgehead atoms. The van der Waals surface area contributed by atoms with Gasteiger partial charge in [0.15, 0.2) is 0 Å². The van der Waals surface area contributed by atoms with Gasteiger partial charge in [-0.2, -0.15) is 0 Å². The summed E-state index contributed by atoms with van der Waals surface area (Å²) in [7, 11) is 1.93. The molecule has 0 aromatic carbocycles. The van der Waals surface area contributed by atoms with E-state index in [-0.39, 0.29) is 11.3 Å². The van der Waals surface area contributed by atoms with Crippen molar-refractivity contribution in [2.45, 2.75) is 40.7 Å². The second-order valence-electron chi connectivity index (χ2n) is 9.11. The maximum absolute atomic E-state index is 12.6. The Morgan fingerprint density at radius 1 is 1.19 bits per heavy atom. The summed E-state index contributed by atoms with van der Waals surface area (Å²) in [6.45, 7) is 9.52. The topological polar surface area (TPSA) is 82.6 Å². The van der Waals surface area contributed by atoms with E-state index in [1.54, 1.807) is 0 Å². The molecular weight excluding hydrogens is 392 g/mol. The number of nitrogens with zero attached hydrogens (tertiary/aromatic N) is 4. The summed E-state index contributed by atoms with van der Waals surface area (Å²) in [4.78, 5) is 23.4. The van der Waals surface area contributed by atoms with Crippen LogP contribution in [0.2, 0.25) is 0 Å². The number of likely N-dealkylation sites (N-methyl/N-ethyl adjacent to an activating group) is 1. The Morgan fingerprint density at radius 3 is 2.71 bits per heavy atom. The molecule has 0 radical (unpaired) electrons. The molecule has 8 nitrogen and oxygen atoms in total. The van der Waals surface area contributed by atoms with Crippen LogP contribution in [0.5, 0.6) is 5.88 Å². The Morgan fingerprint density at radius 2 is 2.00 bits per heavy atom. The molecule has 4 rings (SSSR count). The first-order valence-electron chi connectivity index (χ1n) is 10.5. The van der Waals surface area contributed by atoms with Gasteiger partial charge in [0.05, 0.1) is 11.4 Å². The number of amides is 1. The fraction of sp³-hybridized carbons (Fsp3) is 0.435. The second-order valence-corrected chi connectivity index (χ2v) is 9.11. The summed E-state index contributed by atoms with van der Waals surface area (Å²) in [5, 5.41) is 1.89.